The van der Waals surface area contributed by atoms with E-state index in [1.807, 2.05) is 0 Å². The van der Waals surface area contributed by atoms with Gasteiger partial charge in [0.25, 0.3) is 11.1 Å². The SMILES string of the molecule is O=C(NCCN1C(=O)S/C(=C/c2ccc(F)cc2)C1=O)C1CCN(S(=O)(=O)c2cccc(C(F)(F)F)c2)CC1. The summed E-state index contributed by atoms with van der Waals surface area (Å²) in [6.45, 7) is -0.175. The lowest BCUT2D eigenvalue weighted by atomic mass is 9.97. The molecule has 1 N–H and O–H groups in total. The van der Waals surface area contributed by atoms with Crippen molar-refractivity contribution in [2.45, 2.75) is 23.9 Å². The van der Waals surface area contributed by atoms with E-state index in [1.165, 1.54) is 30.3 Å². The monoisotopic (exact) mass is 585 g/mol. The topological polar surface area (TPSA) is 104 Å². The van der Waals surface area contributed by atoms with E-state index in [1.54, 1.807) is 0 Å². The molecular weight excluding hydrogens is 562 g/mol. The van der Waals surface area contributed by atoms with E-state index in [2.05, 4.69) is 5.32 Å². The average Bonchev–Trinajstić information content (AvgIpc) is 3.17. The fourth-order valence-corrected chi connectivity index (χ4v) is 6.56. The number of alkyl halides is 3. The lowest BCUT2D eigenvalue weighted by molar-refractivity contribution is -0.137. The van der Waals surface area contributed by atoms with Crippen molar-refractivity contribution in [1.82, 2.24) is 14.5 Å². The number of sulfonamides is 1. The van der Waals surface area contributed by atoms with Gasteiger partial charge in [-0.05, 0) is 66.6 Å². The highest BCUT2D eigenvalue weighted by Crippen LogP contribution is 2.33. The molecule has 0 unspecified atom stereocenters. The molecule has 2 fully saturated rings. The predicted molar refractivity (Wildman–Crippen MR) is 135 cm³/mol. The highest BCUT2D eigenvalue weighted by atomic mass is 32.2. The molecule has 2 aromatic rings. The molecule has 0 radical (unpaired) electrons. The van der Waals surface area contributed by atoms with Crippen LogP contribution in [-0.4, -0.2) is 60.9 Å². The van der Waals surface area contributed by atoms with Crippen molar-refractivity contribution >= 4 is 44.9 Å². The van der Waals surface area contributed by atoms with E-state index in [-0.39, 0.29) is 49.8 Å². The lowest BCUT2D eigenvalue weighted by Gasteiger charge is -2.30. The third-order valence-electron chi connectivity index (χ3n) is 6.30. The fourth-order valence-electron chi connectivity index (χ4n) is 4.18. The van der Waals surface area contributed by atoms with Gasteiger partial charge in [0.15, 0.2) is 0 Å². The van der Waals surface area contributed by atoms with Crippen molar-refractivity contribution in [2.75, 3.05) is 26.2 Å². The molecule has 208 valence electrons. The van der Waals surface area contributed by atoms with Gasteiger partial charge in [-0.2, -0.15) is 17.5 Å². The summed E-state index contributed by atoms with van der Waals surface area (Å²) in [6, 6.07) is 8.93. The van der Waals surface area contributed by atoms with Crippen LogP contribution in [0.5, 0.6) is 0 Å². The maximum Gasteiger partial charge on any atom is 0.416 e. The first kappa shape index (κ1) is 28.8. The number of hydrogen-bond acceptors (Lipinski definition) is 6. The summed E-state index contributed by atoms with van der Waals surface area (Å²) in [5.41, 5.74) is -0.513. The number of halogens is 4. The molecule has 0 aromatic heterocycles. The van der Waals surface area contributed by atoms with Crippen molar-refractivity contribution in [3.8, 4) is 0 Å². The molecule has 0 aliphatic carbocycles. The number of carbonyl (C=O) groups excluding carboxylic acids is 3. The summed E-state index contributed by atoms with van der Waals surface area (Å²) in [4.78, 5) is 38.2. The quantitative estimate of drug-likeness (QED) is 0.388. The van der Waals surface area contributed by atoms with Crippen LogP contribution >= 0.6 is 11.8 Å². The Morgan fingerprint density at radius 3 is 2.38 bits per heavy atom. The number of carbonyl (C=O) groups is 3. The van der Waals surface area contributed by atoms with Crippen molar-refractivity contribution in [2.24, 2.45) is 5.92 Å². The molecule has 3 amide bonds. The van der Waals surface area contributed by atoms with Crippen LogP contribution in [0.4, 0.5) is 22.4 Å². The molecule has 4 rings (SSSR count). The zero-order chi connectivity index (χ0) is 28.4. The molecule has 2 aromatic carbocycles. The van der Waals surface area contributed by atoms with E-state index in [9.17, 15) is 40.4 Å². The number of nitrogens with zero attached hydrogens (tertiary/aromatic N) is 2. The number of hydrogen-bond donors (Lipinski definition) is 1. The Bertz CT molecular complexity index is 1400. The smallest absolute Gasteiger partial charge is 0.354 e. The van der Waals surface area contributed by atoms with Gasteiger partial charge in [-0.3, -0.25) is 19.3 Å². The van der Waals surface area contributed by atoms with Crippen molar-refractivity contribution < 1.29 is 40.4 Å². The lowest BCUT2D eigenvalue weighted by Crippen LogP contribution is -2.44. The molecule has 2 aliphatic heterocycles. The number of nitrogens with one attached hydrogen (secondary N) is 1. The van der Waals surface area contributed by atoms with Gasteiger partial charge >= 0.3 is 6.18 Å². The third kappa shape index (κ3) is 6.68. The molecule has 2 heterocycles. The van der Waals surface area contributed by atoms with Gasteiger partial charge in [-0.25, -0.2) is 12.8 Å². The van der Waals surface area contributed by atoms with E-state index >= 15 is 0 Å². The number of piperidine rings is 1. The molecule has 0 bridgehead atoms. The van der Waals surface area contributed by atoms with Crippen LogP contribution < -0.4 is 5.32 Å². The molecular formula is C25H23F4N3O5S2. The fraction of sp³-hybridized carbons (Fsp3) is 0.320. The maximum absolute atomic E-state index is 13.1. The Morgan fingerprint density at radius 1 is 1.08 bits per heavy atom. The summed E-state index contributed by atoms with van der Waals surface area (Å²) in [6.07, 6.45) is -2.89. The van der Waals surface area contributed by atoms with Gasteiger partial charge in [-0.1, -0.05) is 18.2 Å². The number of rotatable bonds is 7. The largest absolute Gasteiger partial charge is 0.416 e. The number of amides is 3. The first-order valence-corrected chi connectivity index (χ1v) is 14.1. The number of thioether (sulfide) groups is 1. The van der Waals surface area contributed by atoms with E-state index in [0.29, 0.717) is 11.6 Å². The van der Waals surface area contributed by atoms with Crippen LogP contribution in [0.2, 0.25) is 0 Å². The Balaban J connectivity index is 1.27. The zero-order valence-electron chi connectivity index (χ0n) is 20.3. The van der Waals surface area contributed by atoms with Gasteiger partial charge < -0.3 is 5.32 Å². The van der Waals surface area contributed by atoms with Crippen LogP contribution in [-0.2, 0) is 25.8 Å². The van der Waals surface area contributed by atoms with Gasteiger partial charge in [0.2, 0.25) is 15.9 Å². The summed E-state index contributed by atoms with van der Waals surface area (Å²) in [7, 11) is -4.17. The predicted octanol–water partition coefficient (Wildman–Crippen LogP) is 4.10. The molecule has 14 heteroatoms. The molecule has 2 aliphatic rings. The molecule has 0 atom stereocenters. The molecule has 8 nitrogen and oxygen atoms in total. The highest BCUT2D eigenvalue weighted by Gasteiger charge is 2.36. The second kappa shape index (κ2) is 11.5. The van der Waals surface area contributed by atoms with Gasteiger partial charge in [0.1, 0.15) is 5.82 Å². The van der Waals surface area contributed by atoms with Crippen molar-refractivity contribution in [3.05, 3.63) is 70.4 Å². The van der Waals surface area contributed by atoms with Crippen molar-refractivity contribution in [3.63, 3.8) is 0 Å². The van der Waals surface area contributed by atoms with Crippen LogP contribution in [0.15, 0.2) is 58.3 Å². The van der Waals surface area contributed by atoms with Crippen LogP contribution in [0.25, 0.3) is 6.08 Å². The average molecular weight is 586 g/mol. The summed E-state index contributed by atoms with van der Waals surface area (Å²) in [5, 5.41) is 2.15. The number of benzene rings is 2. The van der Waals surface area contributed by atoms with Gasteiger partial charge in [0.05, 0.1) is 15.4 Å². The van der Waals surface area contributed by atoms with E-state index in [0.717, 1.165) is 39.2 Å². The summed E-state index contributed by atoms with van der Waals surface area (Å²) in [5.74, 6) is -1.87. The highest BCUT2D eigenvalue weighted by molar-refractivity contribution is 8.18. The Morgan fingerprint density at radius 2 is 1.74 bits per heavy atom. The second-order valence-corrected chi connectivity index (χ2v) is 11.8. The molecule has 39 heavy (non-hydrogen) atoms. The molecule has 0 saturated carbocycles. The van der Waals surface area contributed by atoms with E-state index in [4.69, 9.17) is 0 Å². The van der Waals surface area contributed by atoms with Crippen LogP contribution in [0.1, 0.15) is 24.0 Å². The minimum atomic E-state index is -4.68. The van der Waals surface area contributed by atoms with Gasteiger partial charge in [-0.15, -0.1) is 0 Å². The third-order valence-corrected chi connectivity index (χ3v) is 9.10. The van der Waals surface area contributed by atoms with Gasteiger partial charge in [0, 0.05) is 32.1 Å². The normalized spacial score (nSPS) is 18.7. The summed E-state index contributed by atoms with van der Waals surface area (Å²) >= 11 is 0.738. The zero-order valence-corrected chi connectivity index (χ0v) is 21.9. The van der Waals surface area contributed by atoms with Crippen LogP contribution in [0.3, 0.4) is 0 Å². The minimum absolute atomic E-state index is 0.0105. The second-order valence-electron chi connectivity index (χ2n) is 8.88. The number of imide groups is 1. The Kier molecular flexibility index (Phi) is 8.47. The van der Waals surface area contributed by atoms with Crippen molar-refractivity contribution in [1.29, 1.82) is 0 Å². The maximum atomic E-state index is 13.1. The minimum Gasteiger partial charge on any atom is -0.354 e. The van der Waals surface area contributed by atoms with Crippen LogP contribution in [0, 0.1) is 11.7 Å². The molecule has 0 spiro atoms. The summed E-state index contributed by atoms with van der Waals surface area (Å²) < 4.78 is 78.8. The first-order valence-electron chi connectivity index (χ1n) is 11.8. The Hall–Kier alpha value is -3.23. The first-order chi connectivity index (χ1) is 18.4. The molecule has 2 saturated heterocycles. The Labute approximate surface area is 226 Å². The van der Waals surface area contributed by atoms with E-state index < -0.39 is 49.5 Å². The standard InChI is InChI=1S/C25H23F4N3O5S2/c26-19-6-4-16(5-7-19)14-21-23(34)32(24(35)38-21)13-10-30-22(33)17-8-11-31(12-9-17)39(36,37)20-3-1-2-18(15-20)25(27,28)29/h1-7,14-15,17H,8-13H2,(H,30,33)/b21-14+.